The molecular formula is C21H25FN6O. The molecule has 1 aromatic carbocycles. The van der Waals surface area contributed by atoms with Crippen LogP contribution in [-0.4, -0.2) is 69.2 Å². The van der Waals surface area contributed by atoms with Crippen molar-refractivity contribution in [3.8, 4) is 0 Å². The van der Waals surface area contributed by atoms with Gasteiger partial charge in [-0.1, -0.05) is 12.1 Å². The lowest BCUT2D eigenvalue weighted by Crippen LogP contribution is -2.30. The second-order valence-corrected chi connectivity index (χ2v) is 7.77. The van der Waals surface area contributed by atoms with Crippen LogP contribution in [0, 0.1) is 5.82 Å². The molecule has 0 saturated carbocycles. The van der Waals surface area contributed by atoms with Crippen LogP contribution < -0.4 is 0 Å². The topological polar surface area (TPSA) is 67.2 Å². The van der Waals surface area contributed by atoms with Gasteiger partial charge in [-0.25, -0.2) is 19.0 Å². The van der Waals surface area contributed by atoms with Crippen molar-refractivity contribution >= 4 is 17.1 Å². The lowest BCUT2D eigenvalue weighted by molar-refractivity contribution is -0.129. The van der Waals surface area contributed by atoms with Gasteiger partial charge in [-0.3, -0.25) is 4.79 Å². The Kier molecular flexibility index (Phi) is 5.53. The van der Waals surface area contributed by atoms with Crippen LogP contribution in [0.25, 0.3) is 11.2 Å². The Labute approximate surface area is 169 Å². The molecule has 1 aliphatic rings. The van der Waals surface area contributed by atoms with Gasteiger partial charge < -0.3 is 9.80 Å². The van der Waals surface area contributed by atoms with Crippen molar-refractivity contribution in [1.82, 2.24) is 29.5 Å². The first-order chi connectivity index (χ1) is 14.0. The maximum Gasteiger partial charge on any atom is 0.227 e. The molecule has 1 fully saturated rings. The Balaban J connectivity index is 1.50. The smallest absolute Gasteiger partial charge is 0.227 e. The van der Waals surface area contributed by atoms with Gasteiger partial charge in [0.25, 0.3) is 0 Å². The summed E-state index contributed by atoms with van der Waals surface area (Å²) in [5, 5.41) is 4.81. The fourth-order valence-corrected chi connectivity index (χ4v) is 3.79. The summed E-state index contributed by atoms with van der Waals surface area (Å²) < 4.78 is 15.3. The van der Waals surface area contributed by atoms with E-state index in [9.17, 15) is 9.18 Å². The SMILES string of the molecule is CN(C)CCn1nc([C@H]2CCN(C(=O)Cc3cccc(F)c3)C2)c2nccnc21. The normalized spacial score (nSPS) is 16.8. The number of carbonyl (C=O) groups excluding carboxylic acids is 1. The summed E-state index contributed by atoms with van der Waals surface area (Å²) >= 11 is 0. The Bertz CT molecular complexity index is 1020. The van der Waals surface area contributed by atoms with Crippen molar-refractivity contribution in [3.63, 3.8) is 0 Å². The molecule has 0 N–H and O–H groups in total. The molecule has 1 amide bonds. The van der Waals surface area contributed by atoms with Crippen LogP contribution in [0.3, 0.4) is 0 Å². The van der Waals surface area contributed by atoms with E-state index < -0.39 is 0 Å². The van der Waals surface area contributed by atoms with Crippen LogP contribution in [-0.2, 0) is 17.8 Å². The molecule has 3 heterocycles. The summed E-state index contributed by atoms with van der Waals surface area (Å²) in [7, 11) is 4.05. The van der Waals surface area contributed by atoms with Gasteiger partial charge in [0.1, 0.15) is 11.3 Å². The molecule has 152 valence electrons. The third-order valence-electron chi connectivity index (χ3n) is 5.33. The molecule has 3 aromatic rings. The molecule has 2 aromatic heterocycles. The van der Waals surface area contributed by atoms with Crippen molar-refractivity contribution in [2.75, 3.05) is 33.7 Å². The predicted octanol–water partition coefficient (Wildman–Crippen LogP) is 2.09. The molecule has 0 aliphatic carbocycles. The van der Waals surface area contributed by atoms with E-state index in [2.05, 4.69) is 14.9 Å². The average molecular weight is 396 g/mol. The van der Waals surface area contributed by atoms with Gasteiger partial charge in [0.05, 0.1) is 18.7 Å². The second-order valence-electron chi connectivity index (χ2n) is 7.77. The third-order valence-corrected chi connectivity index (χ3v) is 5.33. The summed E-state index contributed by atoms with van der Waals surface area (Å²) in [6, 6.07) is 6.22. The molecule has 0 unspecified atom stereocenters. The number of nitrogens with zero attached hydrogens (tertiary/aromatic N) is 6. The van der Waals surface area contributed by atoms with E-state index in [1.807, 2.05) is 23.7 Å². The van der Waals surface area contributed by atoms with Crippen LogP contribution in [0.5, 0.6) is 0 Å². The molecule has 8 heteroatoms. The highest BCUT2D eigenvalue weighted by molar-refractivity contribution is 5.79. The Morgan fingerprint density at radius 3 is 2.90 bits per heavy atom. The highest BCUT2D eigenvalue weighted by Crippen LogP contribution is 2.30. The minimum absolute atomic E-state index is 0.0144. The highest BCUT2D eigenvalue weighted by Gasteiger charge is 2.31. The van der Waals surface area contributed by atoms with E-state index in [0.29, 0.717) is 18.7 Å². The summed E-state index contributed by atoms with van der Waals surface area (Å²) in [6.45, 7) is 2.86. The van der Waals surface area contributed by atoms with Crippen molar-refractivity contribution < 1.29 is 9.18 Å². The van der Waals surface area contributed by atoms with E-state index in [1.54, 1.807) is 24.5 Å². The molecule has 0 bridgehead atoms. The summed E-state index contributed by atoms with van der Waals surface area (Å²) in [5.74, 6) is -0.172. The zero-order valence-corrected chi connectivity index (χ0v) is 16.8. The first kappa shape index (κ1) is 19.4. The van der Waals surface area contributed by atoms with Crippen LogP contribution >= 0.6 is 0 Å². The number of likely N-dealkylation sites (tertiary alicyclic amines) is 1. The first-order valence-corrected chi connectivity index (χ1v) is 9.85. The summed E-state index contributed by atoms with van der Waals surface area (Å²) in [5.41, 5.74) is 3.21. The number of amides is 1. The number of hydrogen-bond acceptors (Lipinski definition) is 5. The lowest BCUT2D eigenvalue weighted by Gasteiger charge is -2.16. The molecule has 0 spiro atoms. The Morgan fingerprint density at radius 2 is 2.10 bits per heavy atom. The van der Waals surface area contributed by atoms with E-state index in [0.717, 1.165) is 36.4 Å². The minimum atomic E-state index is -0.317. The number of rotatable bonds is 6. The molecule has 1 aliphatic heterocycles. The number of carbonyl (C=O) groups is 1. The number of hydrogen-bond donors (Lipinski definition) is 0. The molecule has 0 radical (unpaired) electrons. The first-order valence-electron chi connectivity index (χ1n) is 9.85. The van der Waals surface area contributed by atoms with Gasteiger partial charge in [-0.05, 0) is 38.2 Å². The molecule has 29 heavy (non-hydrogen) atoms. The van der Waals surface area contributed by atoms with E-state index in [1.165, 1.54) is 12.1 Å². The number of benzene rings is 1. The van der Waals surface area contributed by atoms with Crippen LogP contribution in [0.2, 0.25) is 0 Å². The molecular weight excluding hydrogens is 371 g/mol. The van der Waals surface area contributed by atoms with E-state index in [4.69, 9.17) is 5.10 Å². The molecule has 4 rings (SSSR count). The van der Waals surface area contributed by atoms with Gasteiger partial charge in [0.15, 0.2) is 5.65 Å². The fourth-order valence-electron chi connectivity index (χ4n) is 3.79. The van der Waals surface area contributed by atoms with Gasteiger partial charge >= 0.3 is 0 Å². The van der Waals surface area contributed by atoms with Crippen LogP contribution in [0.4, 0.5) is 4.39 Å². The van der Waals surface area contributed by atoms with E-state index in [-0.39, 0.29) is 24.1 Å². The summed E-state index contributed by atoms with van der Waals surface area (Å²) in [4.78, 5) is 25.6. The number of fused-ring (bicyclic) bond motifs is 1. The zero-order chi connectivity index (χ0) is 20.4. The largest absolute Gasteiger partial charge is 0.342 e. The van der Waals surface area contributed by atoms with Crippen molar-refractivity contribution in [3.05, 3.63) is 53.7 Å². The predicted molar refractivity (Wildman–Crippen MR) is 108 cm³/mol. The number of aromatic nitrogens is 4. The zero-order valence-electron chi connectivity index (χ0n) is 16.8. The van der Waals surface area contributed by atoms with Gasteiger partial charge in [0.2, 0.25) is 5.91 Å². The Morgan fingerprint density at radius 1 is 1.28 bits per heavy atom. The highest BCUT2D eigenvalue weighted by atomic mass is 19.1. The van der Waals surface area contributed by atoms with Crippen LogP contribution in [0.1, 0.15) is 23.6 Å². The molecule has 1 saturated heterocycles. The fraction of sp³-hybridized carbons (Fsp3) is 0.429. The summed E-state index contributed by atoms with van der Waals surface area (Å²) in [6.07, 6.45) is 4.42. The average Bonchev–Trinajstić information content (AvgIpc) is 3.31. The quantitative estimate of drug-likeness (QED) is 0.638. The second kappa shape index (κ2) is 8.24. The maximum absolute atomic E-state index is 13.4. The van der Waals surface area contributed by atoms with Crippen molar-refractivity contribution in [2.24, 2.45) is 0 Å². The van der Waals surface area contributed by atoms with Crippen LogP contribution in [0.15, 0.2) is 36.7 Å². The van der Waals surface area contributed by atoms with Crippen molar-refractivity contribution in [1.29, 1.82) is 0 Å². The van der Waals surface area contributed by atoms with Gasteiger partial charge in [-0.15, -0.1) is 0 Å². The van der Waals surface area contributed by atoms with Gasteiger partial charge in [-0.2, -0.15) is 5.10 Å². The molecule has 7 nitrogen and oxygen atoms in total. The van der Waals surface area contributed by atoms with Crippen molar-refractivity contribution in [2.45, 2.75) is 25.3 Å². The monoisotopic (exact) mass is 396 g/mol. The number of likely N-dealkylation sites (N-methyl/N-ethyl adjacent to an activating group) is 1. The minimum Gasteiger partial charge on any atom is -0.342 e. The third kappa shape index (κ3) is 4.27. The number of halogens is 1. The Hall–Kier alpha value is -2.87. The molecule has 1 atom stereocenters. The van der Waals surface area contributed by atoms with E-state index >= 15 is 0 Å². The standard InChI is InChI=1S/C21H25FN6O/c1-26(2)10-11-28-21-20(23-7-8-24-21)19(25-28)16-6-9-27(14-16)18(29)13-15-4-3-5-17(22)12-15/h3-5,7-8,12,16H,6,9-11,13-14H2,1-2H3/t16-/m0/s1. The maximum atomic E-state index is 13.4. The lowest BCUT2D eigenvalue weighted by atomic mass is 10.0. The van der Waals surface area contributed by atoms with Gasteiger partial charge in [0, 0.05) is 37.9 Å².